The maximum atomic E-state index is 12.5. The Kier molecular flexibility index (Phi) is 9.33. The van der Waals surface area contributed by atoms with E-state index in [1.54, 1.807) is 11.8 Å². The number of likely N-dealkylation sites (N-methyl/N-ethyl adjacent to an activating group) is 1. The summed E-state index contributed by atoms with van der Waals surface area (Å²) in [5, 5.41) is 30.5. The lowest BCUT2D eigenvalue weighted by Crippen LogP contribution is -2.58. The third kappa shape index (κ3) is 7.43. The highest BCUT2D eigenvalue weighted by Gasteiger charge is 2.41. The molecule has 10 nitrogen and oxygen atoms in total. The zero-order chi connectivity index (χ0) is 21.4. The number of carbonyl (C=O) groups excluding carboxylic acids is 1. The van der Waals surface area contributed by atoms with Gasteiger partial charge in [-0.05, 0) is 39.7 Å². The second-order valence-corrected chi connectivity index (χ2v) is 7.46. The molecule has 0 aliphatic heterocycles. The predicted octanol–water partition coefficient (Wildman–Crippen LogP) is -0.0740. The number of aliphatic carboxylic acids is 3. The van der Waals surface area contributed by atoms with E-state index in [4.69, 9.17) is 0 Å². The topological polar surface area (TPSA) is 147 Å². The molecule has 160 valence electrons. The second-order valence-electron chi connectivity index (χ2n) is 7.46. The van der Waals surface area contributed by atoms with Crippen molar-refractivity contribution in [2.45, 2.75) is 58.2 Å². The molecule has 1 amide bonds. The summed E-state index contributed by atoms with van der Waals surface area (Å²) in [6.45, 7) is 4.70. The van der Waals surface area contributed by atoms with E-state index in [0.717, 1.165) is 0 Å². The molecule has 1 fully saturated rings. The molecule has 3 atom stereocenters. The van der Waals surface area contributed by atoms with Gasteiger partial charge in [0.05, 0.1) is 19.6 Å². The van der Waals surface area contributed by atoms with Crippen molar-refractivity contribution in [1.82, 2.24) is 15.1 Å². The maximum Gasteiger partial charge on any atom is 0.317 e. The van der Waals surface area contributed by atoms with Crippen molar-refractivity contribution in [3.05, 3.63) is 0 Å². The van der Waals surface area contributed by atoms with Crippen LogP contribution >= 0.6 is 0 Å². The lowest BCUT2D eigenvalue weighted by atomic mass is 9.80. The van der Waals surface area contributed by atoms with E-state index in [1.165, 1.54) is 4.90 Å². The number of rotatable bonds is 11. The lowest BCUT2D eigenvalue weighted by Gasteiger charge is -2.45. The van der Waals surface area contributed by atoms with Gasteiger partial charge in [0, 0.05) is 24.0 Å². The number of hydrogen-bond acceptors (Lipinski definition) is 6. The summed E-state index contributed by atoms with van der Waals surface area (Å²) < 4.78 is 0. The minimum atomic E-state index is -1.17. The number of carboxylic acid groups (broad SMARTS) is 3. The number of nitrogens with zero attached hydrogens (tertiary/aromatic N) is 2. The van der Waals surface area contributed by atoms with Crippen LogP contribution in [0.25, 0.3) is 0 Å². The van der Waals surface area contributed by atoms with Crippen molar-refractivity contribution >= 4 is 23.8 Å². The van der Waals surface area contributed by atoms with Gasteiger partial charge in [0.15, 0.2) is 0 Å². The van der Waals surface area contributed by atoms with Gasteiger partial charge < -0.3 is 20.6 Å². The van der Waals surface area contributed by atoms with Crippen molar-refractivity contribution in [1.29, 1.82) is 0 Å². The van der Waals surface area contributed by atoms with Crippen molar-refractivity contribution < 1.29 is 34.5 Å². The fourth-order valence-electron chi connectivity index (χ4n) is 3.86. The number of carbonyl (C=O) groups is 4. The van der Waals surface area contributed by atoms with Gasteiger partial charge >= 0.3 is 17.9 Å². The third-order valence-corrected chi connectivity index (χ3v) is 4.94. The van der Waals surface area contributed by atoms with Crippen LogP contribution in [0.1, 0.15) is 40.0 Å². The summed E-state index contributed by atoms with van der Waals surface area (Å²) >= 11 is 0. The van der Waals surface area contributed by atoms with Gasteiger partial charge in [-0.3, -0.25) is 29.0 Å². The van der Waals surface area contributed by atoms with Crippen molar-refractivity contribution in [2.24, 2.45) is 5.92 Å². The molecule has 1 rings (SSSR count). The Morgan fingerprint density at radius 1 is 0.893 bits per heavy atom. The summed E-state index contributed by atoms with van der Waals surface area (Å²) in [4.78, 5) is 49.3. The fraction of sp³-hybridized carbons (Fsp3) is 0.778. The zero-order valence-corrected chi connectivity index (χ0v) is 16.6. The van der Waals surface area contributed by atoms with Gasteiger partial charge in [-0.1, -0.05) is 6.92 Å². The molecule has 0 spiro atoms. The van der Waals surface area contributed by atoms with Gasteiger partial charge in [-0.25, -0.2) is 0 Å². The highest BCUT2D eigenvalue weighted by Crippen LogP contribution is 2.31. The van der Waals surface area contributed by atoms with E-state index in [1.807, 2.05) is 13.8 Å². The molecule has 0 aromatic carbocycles. The number of carboxylic acids is 3. The molecule has 10 heteroatoms. The molecule has 3 unspecified atom stereocenters. The SMILES string of the molecule is CCN(CC(=O)O)C1CCC(C(=O)NC(C)C)CC1N(CC(=O)O)CC(=O)O. The number of hydrogen-bond donors (Lipinski definition) is 4. The van der Waals surface area contributed by atoms with E-state index >= 15 is 0 Å². The molecule has 1 saturated carbocycles. The van der Waals surface area contributed by atoms with Crippen LogP contribution in [-0.4, -0.2) is 93.2 Å². The monoisotopic (exact) mass is 401 g/mol. The largest absolute Gasteiger partial charge is 0.480 e. The first-order chi connectivity index (χ1) is 13.0. The first-order valence-corrected chi connectivity index (χ1v) is 9.48. The van der Waals surface area contributed by atoms with E-state index in [9.17, 15) is 34.5 Å². The Hall–Kier alpha value is -2.20. The van der Waals surface area contributed by atoms with Gasteiger partial charge in [-0.15, -0.1) is 0 Å². The van der Waals surface area contributed by atoms with Gasteiger partial charge in [0.1, 0.15) is 0 Å². The van der Waals surface area contributed by atoms with Crippen LogP contribution in [0.5, 0.6) is 0 Å². The average molecular weight is 401 g/mol. The summed E-state index contributed by atoms with van der Waals surface area (Å²) in [6.07, 6.45) is 1.29. The minimum Gasteiger partial charge on any atom is -0.480 e. The molecule has 1 aliphatic carbocycles. The highest BCUT2D eigenvalue weighted by atomic mass is 16.4. The Bertz CT molecular complexity index is 566. The zero-order valence-electron chi connectivity index (χ0n) is 16.6. The van der Waals surface area contributed by atoms with Crippen LogP contribution in [0.2, 0.25) is 0 Å². The van der Waals surface area contributed by atoms with E-state index in [-0.39, 0.29) is 36.9 Å². The molecule has 4 N–H and O–H groups in total. The lowest BCUT2D eigenvalue weighted by molar-refractivity contribution is -0.146. The molecule has 1 aliphatic rings. The van der Waals surface area contributed by atoms with Crippen LogP contribution in [0, 0.1) is 5.92 Å². The average Bonchev–Trinajstić information content (AvgIpc) is 2.57. The first-order valence-electron chi connectivity index (χ1n) is 9.48. The second kappa shape index (κ2) is 11.0. The normalized spacial score (nSPS) is 22.4. The number of amides is 1. The van der Waals surface area contributed by atoms with Crippen LogP contribution in [-0.2, 0) is 19.2 Å². The fourth-order valence-corrected chi connectivity index (χ4v) is 3.86. The predicted molar refractivity (Wildman–Crippen MR) is 99.9 cm³/mol. The van der Waals surface area contributed by atoms with Crippen LogP contribution < -0.4 is 5.32 Å². The Balaban J connectivity index is 3.15. The Labute approximate surface area is 164 Å². The quantitative estimate of drug-likeness (QED) is 0.373. The van der Waals surface area contributed by atoms with Crippen LogP contribution in [0.3, 0.4) is 0 Å². The van der Waals surface area contributed by atoms with E-state index in [2.05, 4.69) is 5.32 Å². The minimum absolute atomic E-state index is 0.0445. The smallest absolute Gasteiger partial charge is 0.317 e. The van der Waals surface area contributed by atoms with Gasteiger partial charge in [0.2, 0.25) is 5.91 Å². The summed E-state index contributed by atoms with van der Waals surface area (Å²) in [5.74, 6) is -3.88. The molecular weight excluding hydrogens is 370 g/mol. The molecule has 28 heavy (non-hydrogen) atoms. The van der Waals surface area contributed by atoms with Gasteiger partial charge in [-0.2, -0.15) is 0 Å². The molecule has 0 saturated heterocycles. The van der Waals surface area contributed by atoms with E-state index in [0.29, 0.717) is 19.4 Å². The Morgan fingerprint density at radius 3 is 1.82 bits per heavy atom. The number of nitrogens with one attached hydrogen (secondary N) is 1. The molecule has 0 heterocycles. The van der Waals surface area contributed by atoms with Crippen molar-refractivity contribution in [3.63, 3.8) is 0 Å². The van der Waals surface area contributed by atoms with E-state index < -0.39 is 37.0 Å². The van der Waals surface area contributed by atoms with Crippen molar-refractivity contribution in [3.8, 4) is 0 Å². The summed E-state index contributed by atoms with van der Waals surface area (Å²) in [5.41, 5.74) is 0. The highest BCUT2D eigenvalue weighted by molar-refractivity contribution is 5.79. The molecule has 0 aromatic rings. The van der Waals surface area contributed by atoms with Crippen LogP contribution in [0.15, 0.2) is 0 Å². The van der Waals surface area contributed by atoms with Gasteiger partial charge in [0.25, 0.3) is 0 Å². The molecular formula is C18H31N3O7. The molecule has 0 bridgehead atoms. The summed E-state index contributed by atoms with van der Waals surface area (Å²) in [6, 6.07) is -0.942. The first kappa shape index (κ1) is 23.8. The Morgan fingerprint density at radius 2 is 1.39 bits per heavy atom. The third-order valence-electron chi connectivity index (χ3n) is 4.94. The molecule has 0 radical (unpaired) electrons. The van der Waals surface area contributed by atoms with Crippen LogP contribution in [0.4, 0.5) is 0 Å². The standard InChI is InChI=1S/C18H31N3O7/c1-4-20(8-15(22)23)13-6-5-12(18(28)19-11(2)3)7-14(13)21(9-16(24)25)10-17(26)27/h11-14H,4-10H2,1-3H3,(H,19,28)(H,22,23)(H,24,25)(H,26,27). The molecule has 0 aromatic heterocycles. The van der Waals surface area contributed by atoms with Crippen molar-refractivity contribution in [2.75, 3.05) is 26.2 Å². The maximum absolute atomic E-state index is 12.5. The summed E-state index contributed by atoms with van der Waals surface area (Å²) in [7, 11) is 0.